The Hall–Kier alpha value is -0.830. The standard InChI is InChI=1S/C10H19N3/c1-4-5-10(2,11)6-9-7-12-13(3)8-9/h7-8H,4-6,11H2,1-3H3. The fraction of sp³-hybridized carbons (Fsp3) is 0.700. The van der Waals surface area contributed by atoms with Crippen LogP contribution < -0.4 is 5.73 Å². The molecule has 0 radical (unpaired) electrons. The van der Waals surface area contributed by atoms with Gasteiger partial charge in [-0.3, -0.25) is 4.68 Å². The van der Waals surface area contributed by atoms with Gasteiger partial charge in [-0.1, -0.05) is 13.3 Å². The average Bonchev–Trinajstić information content (AvgIpc) is 2.34. The van der Waals surface area contributed by atoms with Crippen molar-refractivity contribution in [2.24, 2.45) is 12.8 Å². The zero-order chi connectivity index (χ0) is 9.90. The second kappa shape index (κ2) is 3.92. The monoisotopic (exact) mass is 181 g/mol. The van der Waals surface area contributed by atoms with Crippen molar-refractivity contribution >= 4 is 0 Å². The average molecular weight is 181 g/mol. The first kappa shape index (κ1) is 10.3. The summed E-state index contributed by atoms with van der Waals surface area (Å²) in [6, 6.07) is 0. The van der Waals surface area contributed by atoms with Gasteiger partial charge < -0.3 is 5.73 Å². The summed E-state index contributed by atoms with van der Waals surface area (Å²) in [5.41, 5.74) is 7.27. The number of hydrogen-bond donors (Lipinski definition) is 1. The van der Waals surface area contributed by atoms with Crippen molar-refractivity contribution < 1.29 is 0 Å². The minimum atomic E-state index is -0.0855. The van der Waals surface area contributed by atoms with Crippen molar-refractivity contribution in [3.8, 4) is 0 Å². The van der Waals surface area contributed by atoms with Crippen molar-refractivity contribution in [3.63, 3.8) is 0 Å². The van der Waals surface area contributed by atoms with Gasteiger partial charge in [-0.2, -0.15) is 5.10 Å². The van der Waals surface area contributed by atoms with Crippen molar-refractivity contribution in [2.45, 2.75) is 38.6 Å². The van der Waals surface area contributed by atoms with Crippen LogP contribution in [0.3, 0.4) is 0 Å². The highest BCUT2D eigenvalue weighted by Crippen LogP contribution is 2.15. The van der Waals surface area contributed by atoms with Crippen molar-refractivity contribution in [2.75, 3.05) is 0 Å². The summed E-state index contributed by atoms with van der Waals surface area (Å²) in [5.74, 6) is 0. The van der Waals surface area contributed by atoms with E-state index in [9.17, 15) is 0 Å². The SMILES string of the molecule is CCCC(C)(N)Cc1cnn(C)c1. The number of nitrogens with zero attached hydrogens (tertiary/aromatic N) is 2. The Kier molecular flexibility index (Phi) is 3.09. The molecule has 0 aliphatic carbocycles. The first-order valence-corrected chi connectivity index (χ1v) is 4.80. The van der Waals surface area contributed by atoms with Gasteiger partial charge >= 0.3 is 0 Å². The van der Waals surface area contributed by atoms with E-state index in [0.29, 0.717) is 0 Å². The van der Waals surface area contributed by atoms with E-state index in [2.05, 4.69) is 18.9 Å². The molecule has 0 aromatic carbocycles. The van der Waals surface area contributed by atoms with E-state index in [1.165, 1.54) is 5.56 Å². The van der Waals surface area contributed by atoms with Crippen LogP contribution in [-0.4, -0.2) is 15.3 Å². The van der Waals surface area contributed by atoms with Crippen LogP contribution in [0.1, 0.15) is 32.3 Å². The second-order valence-corrected chi connectivity index (χ2v) is 4.10. The van der Waals surface area contributed by atoms with Crippen LogP contribution in [0.5, 0.6) is 0 Å². The van der Waals surface area contributed by atoms with Gasteiger partial charge in [-0.05, 0) is 25.3 Å². The molecule has 1 unspecified atom stereocenters. The highest BCUT2D eigenvalue weighted by molar-refractivity contribution is 5.08. The second-order valence-electron chi connectivity index (χ2n) is 4.10. The highest BCUT2D eigenvalue weighted by Gasteiger charge is 2.18. The van der Waals surface area contributed by atoms with E-state index in [-0.39, 0.29) is 5.54 Å². The van der Waals surface area contributed by atoms with Crippen LogP contribution in [0.4, 0.5) is 0 Å². The quantitative estimate of drug-likeness (QED) is 0.764. The van der Waals surface area contributed by atoms with Gasteiger partial charge in [0.25, 0.3) is 0 Å². The third-order valence-corrected chi connectivity index (χ3v) is 2.19. The predicted octanol–water partition coefficient (Wildman–Crippen LogP) is 1.48. The summed E-state index contributed by atoms with van der Waals surface area (Å²) in [4.78, 5) is 0. The summed E-state index contributed by atoms with van der Waals surface area (Å²) in [7, 11) is 1.93. The Labute approximate surface area is 79.9 Å². The van der Waals surface area contributed by atoms with Gasteiger partial charge in [0, 0.05) is 18.8 Å². The van der Waals surface area contributed by atoms with Crippen molar-refractivity contribution in [1.82, 2.24) is 9.78 Å². The first-order chi connectivity index (χ1) is 6.03. The van der Waals surface area contributed by atoms with Gasteiger partial charge in [0.2, 0.25) is 0 Å². The van der Waals surface area contributed by atoms with Gasteiger partial charge in [0.15, 0.2) is 0 Å². The molecule has 1 aromatic heterocycles. The number of hydrogen-bond acceptors (Lipinski definition) is 2. The summed E-state index contributed by atoms with van der Waals surface area (Å²) >= 11 is 0. The van der Waals surface area contributed by atoms with E-state index in [0.717, 1.165) is 19.3 Å². The Bertz CT molecular complexity index is 263. The molecule has 13 heavy (non-hydrogen) atoms. The molecule has 2 N–H and O–H groups in total. The van der Waals surface area contributed by atoms with E-state index in [1.807, 2.05) is 24.1 Å². The molecule has 1 aromatic rings. The molecule has 3 nitrogen and oxygen atoms in total. The van der Waals surface area contributed by atoms with E-state index in [1.54, 1.807) is 0 Å². The predicted molar refractivity (Wildman–Crippen MR) is 54.4 cm³/mol. The van der Waals surface area contributed by atoms with Crippen LogP contribution in [0.15, 0.2) is 12.4 Å². The molecule has 0 saturated heterocycles. The largest absolute Gasteiger partial charge is 0.325 e. The zero-order valence-corrected chi connectivity index (χ0v) is 8.75. The number of rotatable bonds is 4. The summed E-state index contributed by atoms with van der Waals surface area (Å²) in [6.07, 6.45) is 7.02. The molecule has 1 heterocycles. The molecule has 1 atom stereocenters. The highest BCUT2D eigenvalue weighted by atomic mass is 15.2. The lowest BCUT2D eigenvalue weighted by Gasteiger charge is -2.22. The van der Waals surface area contributed by atoms with Gasteiger partial charge in [0.05, 0.1) is 6.20 Å². The smallest absolute Gasteiger partial charge is 0.0522 e. The van der Waals surface area contributed by atoms with Crippen molar-refractivity contribution in [1.29, 1.82) is 0 Å². The Morgan fingerprint density at radius 2 is 2.31 bits per heavy atom. The van der Waals surface area contributed by atoms with Crippen LogP contribution >= 0.6 is 0 Å². The summed E-state index contributed by atoms with van der Waals surface area (Å²) in [5, 5.41) is 4.12. The third-order valence-electron chi connectivity index (χ3n) is 2.19. The fourth-order valence-corrected chi connectivity index (χ4v) is 1.69. The molecule has 0 fully saturated rings. The molecule has 0 aliphatic heterocycles. The number of nitrogens with two attached hydrogens (primary N) is 1. The lowest BCUT2D eigenvalue weighted by molar-refractivity contribution is 0.424. The lowest BCUT2D eigenvalue weighted by Crippen LogP contribution is -2.38. The molecule has 1 rings (SSSR count). The fourth-order valence-electron chi connectivity index (χ4n) is 1.69. The topological polar surface area (TPSA) is 43.8 Å². The third kappa shape index (κ3) is 3.19. The minimum absolute atomic E-state index is 0.0855. The van der Waals surface area contributed by atoms with Crippen LogP contribution in [-0.2, 0) is 13.5 Å². The van der Waals surface area contributed by atoms with Crippen molar-refractivity contribution in [3.05, 3.63) is 18.0 Å². The molecule has 0 saturated carbocycles. The Balaban J connectivity index is 2.57. The normalized spacial score (nSPS) is 15.7. The van der Waals surface area contributed by atoms with Gasteiger partial charge in [0.1, 0.15) is 0 Å². The van der Waals surface area contributed by atoms with Crippen LogP contribution in [0, 0.1) is 0 Å². The molecule has 0 aliphatic rings. The van der Waals surface area contributed by atoms with E-state index >= 15 is 0 Å². The minimum Gasteiger partial charge on any atom is -0.325 e. The molecule has 0 spiro atoms. The maximum absolute atomic E-state index is 6.13. The lowest BCUT2D eigenvalue weighted by atomic mass is 9.91. The van der Waals surface area contributed by atoms with Crippen LogP contribution in [0.2, 0.25) is 0 Å². The Morgan fingerprint density at radius 1 is 1.62 bits per heavy atom. The maximum Gasteiger partial charge on any atom is 0.0522 e. The molecular formula is C10H19N3. The zero-order valence-electron chi connectivity index (χ0n) is 8.75. The van der Waals surface area contributed by atoms with E-state index in [4.69, 9.17) is 5.73 Å². The number of aromatic nitrogens is 2. The maximum atomic E-state index is 6.13. The molecule has 3 heteroatoms. The Morgan fingerprint density at radius 3 is 2.77 bits per heavy atom. The summed E-state index contributed by atoms with van der Waals surface area (Å²) < 4.78 is 1.82. The number of aryl methyl sites for hydroxylation is 1. The first-order valence-electron chi connectivity index (χ1n) is 4.80. The van der Waals surface area contributed by atoms with Crippen LogP contribution in [0.25, 0.3) is 0 Å². The summed E-state index contributed by atoms with van der Waals surface area (Å²) in [6.45, 7) is 4.26. The molecule has 74 valence electrons. The van der Waals surface area contributed by atoms with Gasteiger partial charge in [-0.15, -0.1) is 0 Å². The molecule has 0 bridgehead atoms. The molecule has 0 amide bonds. The van der Waals surface area contributed by atoms with Gasteiger partial charge in [-0.25, -0.2) is 0 Å². The molecular weight excluding hydrogens is 162 g/mol. The van der Waals surface area contributed by atoms with E-state index < -0.39 is 0 Å².